The van der Waals surface area contributed by atoms with Gasteiger partial charge in [-0.1, -0.05) is 42.4 Å². The highest BCUT2D eigenvalue weighted by atomic mass is 16.5. The summed E-state index contributed by atoms with van der Waals surface area (Å²) in [5, 5.41) is 13.0. The standard InChI is InChI=1S/C19H19N5O/c1-3-14(12-24(2)13-20)18-22-19(25-23-18)17-11-16(9-10-21-17)15-7-5-4-6-8-15/h4-11,14H,3,12H2,1-2H3. The maximum atomic E-state index is 8.95. The Morgan fingerprint density at radius 3 is 2.72 bits per heavy atom. The van der Waals surface area contributed by atoms with E-state index in [1.54, 1.807) is 18.1 Å². The summed E-state index contributed by atoms with van der Waals surface area (Å²) >= 11 is 0. The van der Waals surface area contributed by atoms with E-state index < -0.39 is 0 Å². The number of pyridine rings is 1. The molecule has 0 radical (unpaired) electrons. The lowest BCUT2D eigenvalue weighted by atomic mass is 10.1. The first-order valence-corrected chi connectivity index (χ1v) is 8.17. The Balaban J connectivity index is 1.86. The highest BCUT2D eigenvalue weighted by Gasteiger charge is 2.19. The van der Waals surface area contributed by atoms with Crippen LogP contribution in [0.3, 0.4) is 0 Å². The van der Waals surface area contributed by atoms with Gasteiger partial charge in [-0.15, -0.1) is 0 Å². The molecule has 0 spiro atoms. The summed E-state index contributed by atoms with van der Waals surface area (Å²) < 4.78 is 5.41. The van der Waals surface area contributed by atoms with Crippen LogP contribution in [0.4, 0.5) is 0 Å². The Morgan fingerprint density at radius 1 is 1.20 bits per heavy atom. The molecule has 3 aromatic rings. The van der Waals surface area contributed by atoms with E-state index in [1.807, 2.05) is 49.4 Å². The van der Waals surface area contributed by atoms with E-state index in [0.29, 0.717) is 24.0 Å². The summed E-state index contributed by atoms with van der Waals surface area (Å²) in [4.78, 5) is 10.4. The molecule has 0 aliphatic heterocycles. The molecular formula is C19H19N5O. The van der Waals surface area contributed by atoms with Crippen molar-refractivity contribution in [1.82, 2.24) is 20.0 Å². The van der Waals surface area contributed by atoms with Crippen LogP contribution in [-0.2, 0) is 0 Å². The fourth-order valence-corrected chi connectivity index (χ4v) is 2.63. The maximum absolute atomic E-state index is 8.95. The van der Waals surface area contributed by atoms with Crippen molar-refractivity contribution in [3.05, 3.63) is 54.5 Å². The van der Waals surface area contributed by atoms with Gasteiger partial charge in [0.1, 0.15) is 5.69 Å². The Hall–Kier alpha value is -3.20. The molecule has 0 saturated carbocycles. The molecule has 1 aromatic carbocycles. The van der Waals surface area contributed by atoms with E-state index in [-0.39, 0.29) is 5.92 Å². The first-order chi connectivity index (χ1) is 12.2. The molecule has 0 saturated heterocycles. The van der Waals surface area contributed by atoms with Crippen molar-refractivity contribution < 1.29 is 4.52 Å². The molecule has 126 valence electrons. The van der Waals surface area contributed by atoms with Gasteiger partial charge in [0.2, 0.25) is 0 Å². The van der Waals surface area contributed by atoms with Gasteiger partial charge < -0.3 is 9.42 Å². The molecule has 0 aliphatic rings. The molecule has 0 aliphatic carbocycles. The zero-order chi connectivity index (χ0) is 17.6. The van der Waals surface area contributed by atoms with E-state index in [2.05, 4.69) is 21.3 Å². The summed E-state index contributed by atoms with van der Waals surface area (Å²) in [6, 6.07) is 14.0. The molecule has 2 heterocycles. The number of aromatic nitrogens is 3. The molecule has 25 heavy (non-hydrogen) atoms. The molecule has 3 rings (SSSR count). The van der Waals surface area contributed by atoms with Crippen molar-refractivity contribution in [2.45, 2.75) is 19.3 Å². The van der Waals surface area contributed by atoms with Crippen molar-refractivity contribution >= 4 is 0 Å². The molecule has 6 nitrogen and oxygen atoms in total. The summed E-state index contributed by atoms with van der Waals surface area (Å²) in [5.41, 5.74) is 2.79. The number of nitrogens with zero attached hydrogens (tertiary/aromatic N) is 5. The van der Waals surface area contributed by atoms with Crippen LogP contribution in [0.2, 0.25) is 0 Å². The number of likely N-dealkylation sites (N-methyl/N-ethyl adjacent to an activating group) is 1. The Morgan fingerprint density at radius 2 is 2.00 bits per heavy atom. The molecule has 2 aromatic heterocycles. The molecule has 1 unspecified atom stereocenters. The summed E-state index contributed by atoms with van der Waals surface area (Å²) in [6.07, 6.45) is 4.66. The van der Waals surface area contributed by atoms with Gasteiger partial charge in [0.15, 0.2) is 12.0 Å². The Kier molecular flexibility index (Phi) is 5.05. The molecular weight excluding hydrogens is 314 g/mol. The smallest absolute Gasteiger partial charge is 0.276 e. The predicted molar refractivity (Wildman–Crippen MR) is 94.2 cm³/mol. The highest BCUT2D eigenvalue weighted by Crippen LogP contribution is 2.25. The number of rotatable bonds is 6. The van der Waals surface area contributed by atoms with Crippen LogP contribution in [0.5, 0.6) is 0 Å². The third kappa shape index (κ3) is 3.83. The monoisotopic (exact) mass is 333 g/mol. The molecule has 0 fully saturated rings. The third-order valence-electron chi connectivity index (χ3n) is 4.05. The number of hydrogen-bond acceptors (Lipinski definition) is 6. The lowest BCUT2D eigenvalue weighted by molar-refractivity contribution is 0.380. The average Bonchev–Trinajstić information content (AvgIpc) is 3.16. The van der Waals surface area contributed by atoms with Gasteiger partial charge in [0.25, 0.3) is 5.89 Å². The first kappa shape index (κ1) is 16.7. The van der Waals surface area contributed by atoms with Gasteiger partial charge >= 0.3 is 0 Å². The van der Waals surface area contributed by atoms with E-state index >= 15 is 0 Å². The average molecular weight is 333 g/mol. The van der Waals surface area contributed by atoms with Crippen molar-refractivity contribution in [3.63, 3.8) is 0 Å². The Bertz CT molecular complexity index is 869. The van der Waals surface area contributed by atoms with Crippen LogP contribution in [-0.4, -0.2) is 33.6 Å². The third-order valence-corrected chi connectivity index (χ3v) is 4.05. The van der Waals surface area contributed by atoms with Crippen molar-refractivity contribution in [2.24, 2.45) is 0 Å². The normalized spacial score (nSPS) is 11.7. The fraction of sp³-hybridized carbons (Fsp3) is 0.263. The van der Waals surface area contributed by atoms with E-state index in [1.165, 1.54) is 0 Å². The van der Waals surface area contributed by atoms with Gasteiger partial charge in [-0.05, 0) is 29.7 Å². The first-order valence-electron chi connectivity index (χ1n) is 8.17. The second-order valence-electron chi connectivity index (χ2n) is 5.84. The second kappa shape index (κ2) is 7.58. The van der Waals surface area contributed by atoms with E-state index in [4.69, 9.17) is 9.78 Å². The molecule has 6 heteroatoms. The van der Waals surface area contributed by atoms with Crippen LogP contribution in [0.1, 0.15) is 25.1 Å². The zero-order valence-electron chi connectivity index (χ0n) is 14.3. The summed E-state index contributed by atoms with van der Waals surface area (Å²) in [5.74, 6) is 1.04. The second-order valence-corrected chi connectivity index (χ2v) is 5.84. The number of nitriles is 1. The highest BCUT2D eigenvalue weighted by molar-refractivity contribution is 5.67. The summed E-state index contributed by atoms with van der Waals surface area (Å²) in [7, 11) is 1.74. The topological polar surface area (TPSA) is 78.8 Å². The van der Waals surface area contributed by atoms with Crippen LogP contribution in [0.15, 0.2) is 53.2 Å². The van der Waals surface area contributed by atoms with Gasteiger partial charge in [0, 0.05) is 25.7 Å². The van der Waals surface area contributed by atoms with Crippen LogP contribution < -0.4 is 0 Å². The van der Waals surface area contributed by atoms with E-state index in [9.17, 15) is 0 Å². The zero-order valence-corrected chi connectivity index (χ0v) is 14.3. The lowest BCUT2D eigenvalue weighted by Gasteiger charge is -2.14. The van der Waals surface area contributed by atoms with Crippen molar-refractivity contribution in [1.29, 1.82) is 5.26 Å². The van der Waals surface area contributed by atoms with Gasteiger partial charge in [-0.3, -0.25) is 4.98 Å². The quantitative estimate of drug-likeness (QED) is 0.505. The minimum Gasteiger partial charge on any atom is -0.332 e. The Labute approximate surface area is 146 Å². The van der Waals surface area contributed by atoms with Crippen molar-refractivity contribution in [2.75, 3.05) is 13.6 Å². The molecule has 0 bridgehead atoms. The lowest BCUT2D eigenvalue weighted by Crippen LogP contribution is -2.20. The maximum Gasteiger partial charge on any atom is 0.276 e. The minimum atomic E-state index is 0.0412. The minimum absolute atomic E-state index is 0.0412. The van der Waals surface area contributed by atoms with E-state index in [0.717, 1.165) is 17.5 Å². The van der Waals surface area contributed by atoms with Gasteiger partial charge in [0.05, 0.1) is 0 Å². The predicted octanol–water partition coefficient (Wildman–Crippen LogP) is 3.71. The number of benzene rings is 1. The molecule has 1 atom stereocenters. The van der Waals surface area contributed by atoms with Gasteiger partial charge in [-0.25, -0.2) is 0 Å². The van der Waals surface area contributed by atoms with Crippen LogP contribution in [0, 0.1) is 11.5 Å². The summed E-state index contributed by atoms with van der Waals surface area (Å²) in [6.45, 7) is 2.60. The van der Waals surface area contributed by atoms with Crippen LogP contribution in [0.25, 0.3) is 22.7 Å². The fourth-order valence-electron chi connectivity index (χ4n) is 2.63. The number of hydrogen-bond donors (Lipinski definition) is 0. The van der Waals surface area contributed by atoms with Crippen LogP contribution >= 0.6 is 0 Å². The SMILES string of the molecule is CCC(CN(C)C#N)c1noc(-c2cc(-c3ccccc3)ccn2)n1. The van der Waals surface area contributed by atoms with Crippen molar-refractivity contribution in [3.8, 4) is 28.9 Å². The van der Waals surface area contributed by atoms with Gasteiger partial charge in [-0.2, -0.15) is 10.2 Å². The largest absolute Gasteiger partial charge is 0.332 e. The molecule has 0 N–H and O–H groups in total. The molecule has 0 amide bonds.